The molecule has 8 nitrogen and oxygen atoms in total. The van der Waals surface area contributed by atoms with Gasteiger partial charge in [0.15, 0.2) is 5.96 Å². The number of unbranched alkanes of at least 4 members (excludes halogenated alkanes) is 2. The summed E-state index contributed by atoms with van der Waals surface area (Å²) in [6.07, 6.45) is 3.63. The number of guanidine groups is 1. The monoisotopic (exact) mass is 537 g/mol. The fourth-order valence-corrected chi connectivity index (χ4v) is 2.84. The zero-order chi connectivity index (χ0) is 21.2. The number of hydrogen-bond donors (Lipinski definition) is 2. The van der Waals surface area contributed by atoms with Crippen LogP contribution in [0.15, 0.2) is 58.0 Å². The van der Waals surface area contributed by atoms with Crippen LogP contribution >= 0.6 is 24.0 Å². The number of aromatic nitrogens is 2. The number of nitrogens with zero attached hydrogens (tertiary/aromatic N) is 3. The molecule has 0 bridgehead atoms. The van der Waals surface area contributed by atoms with Crippen molar-refractivity contribution < 1.29 is 14.0 Å². The maximum Gasteiger partial charge on any atom is 0.226 e. The third-order valence-electron chi connectivity index (χ3n) is 4.51. The molecule has 0 radical (unpaired) electrons. The van der Waals surface area contributed by atoms with Gasteiger partial charge in [0.05, 0.1) is 14.2 Å². The molecule has 3 rings (SSSR count). The van der Waals surface area contributed by atoms with E-state index in [1.165, 1.54) is 0 Å². The van der Waals surface area contributed by atoms with Crippen molar-refractivity contribution in [2.75, 3.05) is 26.1 Å². The molecule has 0 aliphatic rings. The maximum absolute atomic E-state index is 5.92. The number of hydrogen-bond acceptors (Lipinski definition) is 6. The molecule has 0 fully saturated rings. The summed E-state index contributed by atoms with van der Waals surface area (Å²) in [6.45, 7) is 0.663. The number of rotatable bonds is 10. The van der Waals surface area contributed by atoms with Crippen molar-refractivity contribution in [1.82, 2.24) is 10.1 Å². The maximum atomic E-state index is 5.92. The van der Waals surface area contributed by atoms with Crippen LogP contribution in [0.3, 0.4) is 0 Å². The zero-order valence-electron chi connectivity index (χ0n) is 17.7. The van der Waals surface area contributed by atoms with Gasteiger partial charge in [0.2, 0.25) is 11.7 Å². The molecule has 0 spiro atoms. The number of ether oxygens (including phenoxy) is 2. The Bertz CT molecular complexity index is 943. The van der Waals surface area contributed by atoms with Crippen molar-refractivity contribution in [1.29, 1.82) is 0 Å². The predicted molar refractivity (Wildman–Crippen MR) is 132 cm³/mol. The summed E-state index contributed by atoms with van der Waals surface area (Å²) >= 11 is 0. The van der Waals surface area contributed by atoms with Crippen molar-refractivity contribution in [2.24, 2.45) is 10.7 Å². The van der Waals surface area contributed by atoms with E-state index in [0.717, 1.165) is 48.4 Å². The lowest BCUT2D eigenvalue weighted by Crippen LogP contribution is -2.22. The van der Waals surface area contributed by atoms with E-state index in [9.17, 15) is 0 Å². The van der Waals surface area contributed by atoms with Crippen LogP contribution in [-0.2, 0) is 6.42 Å². The van der Waals surface area contributed by atoms with Gasteiger partial charge in [-0.2, -0.15) is 4.98 Å². The van der Waals surface area contributed by atoms with Gasteiger partial charge in [-0.3, -0.25) is 4.99 Å². The van der Waals surface area contributed by atoms with Crippen molar-refractivity contribution in [3.05, 3.63) is 54.4 Å². The second kappa shape index (κ2) is 12.8. The van der Waals surface area contributed by atoms with E-state index in [1.807, 2.05) is 48.5 Å². The molecule has 0 atom stereocenters. The van der Waals surface area contributed by atoms with Crippen LogP contribution in [-0.4, -0.2) is 36.9 Å². The Morgan fingerprint density at radius 1 is 0.968 bits per heavy atom. The highest BCUT2D eigenvalue weighted by Crippen LogP contribution is 2.20. The van der Waals surface area contributed by atoms with Crippen LogP contribution < -0.4 is 20.5 Å². The normalized spacial score (nSPS) is 11.0. The van der Waals surface area contributed by atoms with Crippen LogP contribution in [0, 0.1) is 0 Å². The number of halogens is 1. The van der Waals surface area contributed by atoms with E-state index >= 15 is 0 Å². The average molecular weight is 537 g/mol. The van der Waals surface area contributed by atoms with Gasteiger partial charge in [-0.15, -0.1) is 24.0 Å². The Balaban J connectivity index is 0.00000341. The van der Waals surface area contributed by atoms with Crippen LogP contribution in [0.2, 0.25) is 0 Å². The van der Waals surface area contributed by atoms with E-state index in [1.54, 1.807) is 14.2 Å². The van der Waals surface area contributed by atoms with Gasteiger partial charge in [0, 0.05) is 24.2 Å². The number of aliphatic imine (C=N–C) groups is 1. The summed E-state index contributed by atoms with van der Waals surface area (Å²) in [5.41, 5.74) is 7.70. The van der Waals surface area contributed by atoms with Gasteiger partial charge in [-0.25, -0.2) is 0 Å². The molecule has 31 heavy (non-hydrogen) atoms. The van der Waals surface area contributed by atoms with E-state index in [4.69, 9.17) is 19.7 Å². The van der Waals surface area contributed by atoms with Gasteiger partial charge in [0.1, 0.15) is 11.5 Å². The molecule has 0 unspecified atom stereocenters. The Morgan fingerprint density at radius 2 is 1.61 bits per heavy atom. The number of nitrogens with two attached hydrogens (primary N) is 1. The van der Waals surface area contributed by atoms with Gasteiger partial charge >= 0.3 is 0 Å². The summed E-state index contributed by atoms with van der Waals surface area (Å²) in [4.78, 5) is 8.81. The van der Waals surface area contributed by atoms with E-state index < -0.39 is 0 Å². The Kier molecular flexibility index (Phi) is 10.1. The molecule has 9 heteroatoms. The first kappa shape index (κ1) is 24.4. The van der Waals surface area contributed by atoms with Crippen molar-refractivity contribution >= 4 is 35.6 Å². The fraction of sp³-hybridized carbons (Fsp3) is 0.318. The first-order chi connectivity index (χ1) is 14.7. The second-order valence-corrected chi connectivity index (χ2v) is 6.67. The van der Waals surface area contributed by atoms with Crippen LogP contribution in [0.4, 0.5) is 5.69 Å². The van der Waals surface area contributed by atoms with Gasteiger partial charge in [-0.05, 0) is 61.4 Å². The summed E-state index contributed by atoms with van der Waals surface area (Å²) in [7, 11) is 3.27. The number of aryl methyl sites for hydroxylation is 1. The lowest BCUT2D eigenvalue weighted by molar-refractivity contribution is 0.374. The average Bonchev–Trinajstić information content (AvgIpc) is 3.25. The van der Waals surface area contributed by atoms with Gasteiger partial charge in [0.25, 0.3) is 0 Å². The predicted octanol–water partition coefficient (Wildman–Crippen LogP) is 4.51. The molecule has 0 saturated heterocycles. The van der Waals surface area contributed by atoms with Crippen molar-refractivity contribution in [2.45, 2.75) is 25.7 Å². The number of anilines is 1. The first-order valence-electron chi connectivity index (χ1n) is 9.86. The highest BCUT2D eigenvalue weighted by atomic mass is 127. The number of nitrogens with one attached hydrogen (secondary N) is 1. The number of benzene rings is 2. The third-order valence-corrected chi connectivity index (χ3v) is 4.51. The highest BCUT2D eigenvalue weighted by Gasteiger charge is 2.08. The molecular formula is C22H28IN5O3. The topological polar surface area (TPSA) is 108 Å². The number of methoxy groups -OCH3 is 2. The van der Waals surface area contributed by atoms with Gasteiger partial charge in [-0.1, -0.05) is 11.6 Å². The SMILES string of the molecule is COc1ccc(NC(N)=NCCCCCc2nc(-c3ccc(OC)cc3)no2)cc1.I. The molecule has 0 saturated carbocycles. The lowest BCUT2D eigenvalue weighted by atomic mass is 10.2. The molecule has 3 N–H and O–H groups in total. The molecular weight excluding hydrogens is 509 g/mol. The highest BCUT2D eigenvalue weighted by molar-refractivity contribution is 14.0. The largest absolute Gasteiger partial charge is 0.497 e. The van der Waals surface area contributed by atoms with E-state index in [0.29, 0.717) is 24.2 Å². The molecule has 166 valence electrons. The van der Waals surface area contributed by atoms with Crippen LogP contribution in [0.1, 0.15) is 25.2 Å². The van der Waals surface area contributed by atoms with E-state index in [2.05, 4.69) is 20.4 Å². The summed E-state index contributed by atoms with van der Waals surface area (Å²) in [5, 5.41) is 7.12. The third kappa shape index (κ3) is 7.74. The summed E-state index contributed by atoms with van der Waals surface area (Å²) in [5.74, 6) is 3.24. The smallest absolute Gasteiger partial charge is 0.226 e. The first-order valence-corrected chi connectivity index (χ1v) is 9.86. The molecule has 0 aliphatic carbocycles. The molecule has 0 amide bonds. The van der Waals surface area contributed by atoms with Crippen molar-refractivity contribution in [3.63, 3.8) is 0 Å². The molecule has 0 aliphatic heterocycles. The second-order valence-electron chi connectivity index (χ2n) is 6.67. The Labute approximate surface area is 199 Å². The Hall–Kier alpha value is -2.82. The minimum absolute atomic E-state index is 0. The minimum atomic E-state index is 0. The van der Waals surface area contributed by atoms with Gasteiger partial charge < -0.3 is 25.0 Å². The van der Waals surface area contributed by atoms with Crippen LogP contribution in [0.5, 0.6) is 11.5 Å². The Morgan fingerprint density at radius 3 is 2.26 bits per heavy atom. The standard InChI is InChI=1S/C22H27N5O3.HI/c1-28-18-11-7-16(8-12-18)21-26-20(30-27-21)6-4-3-5-15-24-22(23)25-17-9-13-19(29-2)14-10-17;/h7-14H,3-6,15H2,1-2H3,(H3,23,24,25);1H. The van der Waals surface area contributed by atoms with Crippen molar-refractivity contribution in [3.8, 4) is 22.9 Å². The van der Waals surface area contributed by atoms with E-state index in [-0.39, 0.29) is 24.0 Å². The zero-order valence-corrected chi connectivity index (χ0v) is 20.0. The summed E-state index contributed by atoms with van der Waals surface area (Å²) in [6, 6.07) is 15.1. The van der Waals surface area contributed by atoms with Crippen LogP contribution in [0.25, 0.3) is 11.4 Å². The lowest BCUT2D eigenvalue weighted by Gasteiger charge is -2.06. The molecule has 3 aromatic rings. The minimum Gasteiger partial charge on any atom is -0.497 e. The summed E-state index contributed by atoms with van der Waals surface area (Å²) < 4.78 is 15.6. The molecule has 1 aromatic heterocycles. The molecule has 2 aromatic carbocycles. The molecule has 1 heterocycles. The fourth-order valence-electron chi connectivity index (χ4n) is 2.84. The quantitative estimate of drug-likeness (QED) is 0.170.